The van der Waals surface area contributed by atoms with Crippen LogP contribution in [0.2, 0.25) is 0 Å². The molecule has 0 unspecified atom stereocenters. The topological polar surface area (TPSA) is 21.3 Å². The molecule has 1 fully saturated rings. The maximum absolute atomic E-state index is 5.67. The Morgan fingerprint density at radius 2 is 1.76 bits per heavy atom. The van der Waals surface area contributed by atoms with Crippen molar-refractivity contribution in [1.29, 1.82) is 0 Å². The van der Waals surface area contributed by atoms with E-state index in [0.29, 0.717) is 5.41 Å². The van der Waals surface area contributed by atoms with Gasteiger partial charge in [0.15, 0.2) is 0 Å². The Balaban J connectivity index is 2.34. The SMILES string of the molecule is CCCOCCC1(CNC(C)(C)C)CCCC1. The summed E-state index contributed by atoms with van der Waals surface area (Å²) in [5.41, 5.74) is 0.751. The van der Waals surface area contributed by atoms with E-state index in [4.69, 9.17) is 4.74 Å². The van der Waals surface area contributed by atoms with E-state index in [1.54, 1.807) is 0 Å². The van der Waals surface area contributed by atoms with Crippen LogP contribution in [0.1, 0.15) is 66.2 Å². The number of rotatable bonds is 7. The maximum atomic E-state index is 5.67. The largest absolute Gasteiger partial charge is 0.381 e. The molecule has 0 aromatic rings. The molecule has 102 valence electrons. The van der Waals surface area contributed by atoms with Crippen LogP contribution in [0, 0.1) is 5.41 Å². The van der Waals surface area contributed by atoms with Crippen LogP contribution < -0.4 is 5.32 Å². The van der Waals surface area contributed by atoms with Crippen LogP contribution in [0.4, 0.5) is 0 Å². The first-order valence-electron chi connectivity index (χ1n) is 7.30. The molecule has 17 heavy (non-hydrogen) atoms. The van der Waals surface area contributed by atoms with Gasteiger partial charge in [-0.05, 0) is 51.9 Å². The first-order valence-corrected chi connectivity index (χ1v) is 7.30. The minimum Gasteiger partial charge on any atom is -0.381 e. The van der Waals surface area contributed by atoms with Gasteiger partial charge in [-0.1, -0.05) is 19.8 Å². The highest BCUT2D eigenvalue weighted by molar-refractivity contribution is 4.88. The van der Waals surface area contributed by atoms with Gasteiger partial charge in [0.1, 0.15) is 0 Å². The van der Waals surface area contributed by atoms with Crippen molar-refractivity contribution < 1.29 is 4.74 Å². The quantitative estimate of drug-likeness (QED) is 0.685. The molecule has 2 nitrogen and oxygen atoms in total. The summed E-state index contributed by atoms with van der Waals surface area (Å²) in [7, 11) is 0. The molecule has 1 aliphatic carbocycles. The second kappa shape index (κ2) is 6.75. The van der Waals surface area contributed by atoms with E-state index in [1.165, 1.54) is 32.1 Å². The Morgan fingerprint density at radius 1 is 1.12 bits per heavy atom. The van der Waals surface area contributed by atoms with Gasteiger partial charge in [-0.2, -0.15) is 0 Å². The molecule has 1 aliphatic rings. The molecule has 0 spiro atoms. The molecule has 0 aromatic carbocycles. The zero-order valence-electron chi connectivity index (χ0n) is 12.3. The van der Waals surface area contributed by atoms with Gasteiger partial charge in [-0.3, -0.25) is 0 Å². The van der Waals surface area contributed by atoms with Crippen LogP contribution >= 0.6 is 0 Å². The normalized spacial score (nSPS) is 19.8. The van der Waals surface area contributed by atoms with E-state index >= 15 is 0 Å². The summed E-state index contributed by atoms with van der Waals surface area (Å²) in [4.78, 5) is 0. The zero-order chi connectivity index (χ0) is 12.8. The second-order valence-electron chi connectivity index (χ2n) is 6.67. The average Bonchev–Trinajstić information content (AvgIpc) is 2.71. The first-order chi connectivity index (χ1) is 7.97. The van der Waals surface area contributed by atoms with E-state index < -0.39 is 0 Å². The number of hydrogen-bond donors (Lipinski definition) is 1. The van der Waals surface area contributed by atoms with Crippen LogP contribution in [0.15, 0.2) is 0 Å². The van der Waals surface area contributed by atoms with Crippen LogP contribution in [-0.2, 0) is 4.74 Å². The lowest BCUT2D eigenvalue weighted by Crippen LogP contribution is -2.43. The second-order valence-corrected chi connectivity index (χ2v) is 6.67. The molecule has 0 heterocycles. The molecular weight excluding hydrogens is 210 g/mol. The molecular formula is C15H31NO. The highest BCUT2D eigenvalue weighted by Crippen LogP contribution is 2.40. The lowest BCUT2D eigenvalue weighted by atomic mass is 9.82. The summed E-state index contributed by atoms with van der Waals surface area (Å²) in [6, 6.07) is 0. The van der Waals surface area contributed by atoms with Gasteiger partial charge < -0.3 is 10.1 Å². The molecule has 1 N–H and O–H groups in total. The Labute approximate surface area is 108 Å². The van der Waals surface area contributed by atoms with Crippen molar-refractivity contribution in [3.05, 3.63) is 0 Å². The highest BCUT2D eigenvalue weighted by atomic mass is 16.5. The summed E-state index contributed by atoms with van der Waals surface area (Å²) in [6.45, 7) is 12.0. The van der Waals surface area contributed by atoms with Gasteiger partial charge in [0.05, 0.1) is 0 Å². The molecule has 0 atom stereocenters. The van der Waals surface area contributed by atoms with Crippen molar-refractivity contribution in [3.8, 4) is 0 Å². The lowest BCUT2D eigenvalue weighted by Gasteiger charge is -2.33. The summed E-state index contributed by atoms with van der Waals surface area (Å²) in [6.07, 6.45) is 7.93. The summed E-state index contributed by atoms with van der Waals surface area (Å²) >= 11 is 0. The molecule has 0 radical (unpaired) electrons. The van der Waals surface area contributed by atoms with E-state index in [2.05, 4.69) is 33.0 Å². The van der Waals surface area contributed by atoms with E-state index in [9.17, 15) is 0 Å². The lowest BCUT2D eigenvalue weighted by molar-refractivity contribution is 0.0914. The molecule has 1 rings (SSSR count). The van der Waals surface area contributed by atoms with Crippen molar-refractivity contribution in [2.75, 3.05) is 19.8 Å². The van der Waals surface area contributed by atoms with Gasteiger partial charge in [0.25, 0.3) is 0 Å². The van der Waals surface area contributed by atoms with Gasteiger partial charge >= 0.3 is 0 Å². The van der Waals surface area contributed by atoms with Crippen LogP contribution in [0.3, 0.4) is 0 Å². The number of hydrogen-bond acceptors (Lipinski definition) is 2. The van der Waals surface area contributed by atoms with Crippen molar-refractivity contribution >= 4 is 0 Å². The number of nitrogens with one attached hydrogen (secondary N) is 1. The Bertz CT molecular complexity index is 201. The Morgan fingerprint density at radius 3 is 2.29 bits per heavy atom. The molecule has 1 saturated carbocycles. The van der Waals surface area contributed by atoms with Crippen LogP contribution in [0.25, 0.3) is 0 Å². The van der Waals surface area contributed by atoms with E-state index in [0.717, 1.165) is 26.2 Å². The predicted octanol–water partition coefficient (Wildman–Crippen LogP) is 3.75. The summed E-state index contributed by atoms with van der Waals surface area (Å²) in [5.74, 6) is 0. The maximum Gasteiger partial charge on any atom is 0.0471 e. The molecule has 0 aromatic heterocycles. The fourth-order valence-electron chi connectivity index (χ4n) is 2.63. The van der Waals surface area contributed by atoms with E-state index in [-0.39, 0.29) is 5.54 Å². The third-order valence-corrected chi connectivity index (χ3v) is 3.78. The third-order valence-electron chi connectivity index (χ3n) is 3.78. The monoisotopic (exact) mass is 241 g/mol. The molecule has 0 aliphatic heterocycles. The fraction of sp³-hybridized carbons (Fsp3) is 1.00. The smallest absolute Gasteiger partial charge is 0.0471 e. The zero-order valence-corrected chi connectivity index (χ0v) is 12.3. The molecule has 0 bridgehead atoms. The van der Waals surface area contributed by atoms with Gasteiger partial charge in [0, 0.05) is 25.3 Å². The van der Waals surface area contributed by atoms with Gasteiger partial charge in [0.2, 0.25) is 0 Å². The van der Waals surface area contributed by atoms with Gasteiger partial charge in [-0.15, -0.1) is 0 Å². The Kier molecular flexibility index (Phi) is 5.94. The minimum atomic E-state index is 0.236. The summed E-state index contributed by atoms with van der Waals surface area (Å²) in [5, 5.41) is 3.69. The van der Waals surface area contributed by atoms with Crippen molar-refractivity contribution in [2.45, 2.75) is 71.8 Å². The first kappa shape index (κ1) is 15.0. The summed E-state index contributed by atoms with van der Waals surface area (Å²) < 4.78 is 5.67. The van der Waals surface area contributed by atoms with Crippen LogP contribution in [0.5, 0.6) is 0 Å². The standard InChI is InChI=1S/C15H31NO/c1-5-11-17-12-10-15(8-6-7-9-15)13-16-14(2,3)4/h16H,5-13H2,1-4H3. The molecule has 0 amide bonds. The van der Waals surface area contributed by atoms with E-state index in [1.807, 2.05) is 0 Å². The average molecular weight is 241 g/mol. The minimum absolute atomic E-state index is 0.236. The third kappa shape index (κ3) is 5.87. The van der Waals surface area contributed by atoms with Gasteiger partial charge in [-0.25, -0.2) is 0 Å². The molecule has 0 saturated heterocycles. The highest BCUT2D eigenvalue weighted by Gasteiger charge is 2.34. The Hall–Kier alpha value is -0.0800. The fourth-order valence-corrected chi connectivity index (χ4v) is 2.63. The predicted molar refractivity (Wildman–Crippen MR) is 74.4 cm³/mol. The number of ether oxygens (including phenoxy) is 1. The molecule has 2 heteroatoms. The van der Waals surface area contributed by atoms with Crippen LogP contribution in [-0.4, -0.2) is 25.3 Å². The van der Waals surface area contributed by atoms with Crippen molar-refractivity contribution in [1.82, 2.24) is 5.32 Å². The van der Waals surface area contributed by atoms with Crippen molar-refractivity contribution in [2.24, 2.45) is 5.41 Å². The van der Waals surface area contributed by atoms with Crippen molar-refractivity contribution in [3.63, 3.8) is 0 Å².